The lowest BCUT2D eigenvalue weighted by molar-refractivity contribution is -0.355. The van der Waals surface area contributed by atoms with E-state index in [0.717, 1.165) is 0 Å². The zero-order valence-electron chi connectivity index (χ0n) is 26.0. The summed E-state index contributed by atoms with van der Waals surface area (Å²) in [6, 6.07) is 3.17. The predicted molar refractivity (Wildman–Crippen MR) is 162 cm³/mol. The smallest absolute Gasteiger partial charge is 0.233 e. The van der Waals surface area contributed by atoms with Crippen LogP contribution < -0.4 is 21.3 Å². The third kappa shape index (κ3) is 10.5. The van der Waals surface area contributed by atoms with Crippen molar-refractivity contribution in [3.8, 4) is 0 Å². The Labute approximate surface area is 275 Å². The van der Waals surface area contributed by atoms with E-state index in [9.17, 15) is 39.6 Å². The molecule has 18 heteroatoms. The third-order valence-electron chi connectivity index (χ3n) is 7.77. The van der Waals surface area contributed by atoms with Crippen LogP contribution in [0, 0.1) is 11.8 Å². The molecule has 48 heavy (non-hydrogen) atoms. The van der Waals surface area contributed by atoms with Crippen LogP contribution in [0.25, 0.3) is 0 Å². The van der Waals surface area contributed by atoms with Crippen LogP contribution in [-0.4, -0.2) is 142 Å². The van der Waals surface area contributed by atoms with Gasteiger partial charge < -0.3 is 62.1 Å². The zero-order chi connectivity index (χ0) is 35.4. The van der Waals surface area contributed by atoms with Crippen molar-refractivity contribution in [2.24, 2.45) is 11.8 Å². The molecule has 2 aliphatic heterocycles. The first kappa shape index (κ1) is 38.9. The topological polar surface area (TPSA) is 297 Å². The van der Waals surface area contributed by atoms with Crippen LogP contribution in [0.4, 0.5) is 0 Å². The second-order valence-corrected chi connectivity index (χ2v) is 11.5. The fraction of sp³-hybridized carbons (Fsp3) is 0.600. The van der Waals surface area contributed by atoms with E-state index in [2.05, 4.69) is 21.3 Å². The molecular weight excluding hydrogens is 640 g/mol. The minimum atomic E-state index is -1.41. The van der Waals surface area contributed by atoms with Crippen molar-refractivity contribution in [3.05, 3.63) is 46.5 Å². The van der Waals surface area contributed by atoms with Gasteiger partial charge in [-0.25, -0.2) is 9.78 Å². The van der Waals surface area contributed by atoms with Gasteiger partial charge in [-0.2, -0.15) is 0 Å². The van der Waals surface area contributed by atoms with E-state index in [1.807, 2.05) is 0 Å². The summed E-state index contributed by atoms with van der Waals surface area (Å²) in [7, 11) is 0. The molecule has 0 saturated heterocycles. The summed E-state index contributed by atoms with van der Waals surface area (Å²) in [5.41, 5.74) is 1.93. The van der Waals surface area contributed by atoms with Gasteiger partial charge in [0.25, 0.3) is 0 Å². The quantitative estimate of drug-likeness (QED) is 0.0347. The standard InChI is InChI=1S/C30H44N4O14/c35-11-17(39)7-31-27(43)21(28(44)32-8-18(40)12-36)5-15-1-2-16(26-24-4-3-23(25(15)26)47-48-24)6-22(29(45)33-9-19(41)13-37)30(46)34-10-20(42)14-38/h1-4,17-24,35-42H,5-14H2,(H,31,43)(H,32,44)(H,33,45)(H,34,46)/t17?,18?,19?,20?,21?,22?,23-,24+. The van der Waals surface area contributed by atoms with Gasteiger partial charge in [-0.3, -0.25) is 19.2 Å². The fourth-order valence-corrected chi connectivity index (χ4v) is 5.10. The first-order chi connectivity index (χ1) is 22.9. The molecule has 18 nitrogen and oxygen atoms in total. The highest BCUT2D eigenvalue weighted by Crippen LogP contribution is 2.45. The SMILES string of the molecule is O=C(NCC(O)CO)C(Cc1ccc(CC(C(=O)NCC(O)CO)C(=O)NCC(O)CO)c2c1[C@@H]1C=C[C@H]2OO1)C(=O)NCC(O)CO. The molecular formula is C30H44N4O14. The molecule has 1 aromatic rings. The maximum absolute atomic E-state index is 13.2. The number of hydrogen-bond donors (Lipinski definition) is 12. The minimum absolute atomic E-state index is 0.215. The van der Waals surface area contributed by atoms with E-state index in [0.29, 0.717) is 22.3 Å². The van der Waals surface area contributed by atoms with Crippen molar-refractivity contribution in [2.75, 3.05) is 52.6 Å². The molecule has 2 bridgehead atoms. The molecule has 268 valence electrons. The van der Waals surface area contributed by atoms with Crippen molar-refractivity contribution in [3.63, 3.8) is 0 Å². The van der Waals surface area contributed by atoms with Crippen LogP contribution in [-0.2, 0) is 41.8 Å². The van der Waals surface area contributed by atoms with Crippen LogP contribution in [0.3, 0.4) is 0 Å². The van der Waals surface area contributed by atoms with Crippen molar-refractivity contribution in [1.82, 2.24) is 21.3 Å². The predicted octanol–water partition coefficient (Wildman–Crippen LogP) is -5.50. The summed E-state index contributed by atoms with van der Waals surface area (Å²) < 4.78 is 0. The number of carbonyl (C=O) groups is 4. The average molecular weight is 685 g/mol. The Hall–Kier alpha value is -3.56. The molecule has 12 N–H and O–H groups in total. The summed E-state index contributed by atoms with van der Waals surface area (Å²) in [6.07, 6.45) is -3.79. The highest BCUT2D eigenvalue weighted by molar-refractivity contribution is 6.01. The largest absolute Gasteiger partial charge is 0.394 e. The maximum Gasteiger partial charge on any atom is 0.233 e. The Bertz CT molecular complexity index is 1150. The Balaban J connectivity index is 1.98. The van der Waals surface area contributed by atoms with Gasteiger partial charge in [-0.15, -0.1) is 0 Å². The Morgan fingerprint density at radius 2 is 0.812 bits per heavy atom. The number of aliphatic hydroxyl groups excluding tert-OH is 8. The van der Waals surface area contributed by atoms with Gasteiger partial charge in [-0.05, 0) is 47.2 Å². The third-order valence-corrected chi connectivity index (χ3v) is 7.77. The molecule has 2 heterocycles. The zero-order valence-corrected chi connectivity index (χ0v) is 26.0. The fourth-order valence-electron chi connectivity index (χ4n) is 5.10. The second kappa shape index (κ2) is 18.8. The molecule has 4 unspecified atom stereocenters. The van der Waals surface area contributed by atoms with Gasteiger partial charge in [0.1, 0.15) is 24.0 Å². The van der Waals surface area contributed by atoms with Crippen molar-refractivity contribution >= 4 is 23.6 Å². The number of rotatable bonds is 20. The molecule has 1 aliphatic carbocycles. The van der Waals surface area contributed by atoms with E-state index >= 15 is 0 Å². The highest BCUT2D eigenvalue weighted by atomic mass is 17.2. The summed E-state index contributed by atoms with van der Waals surface area (Å²) in [4.78, 5) is 63.6. The van der Waals surface area contributed by atoms with Gasteiger partial charge in [0.2, 0.25) is 23.6 Å². The Kier molecular flexibility index (Phi) is 15.3. The first-order valence-electron chi connectivity index (χ1n) is 15.3. The van der Waals surface area contributed by atoms with Gasteiger partial charge in [0, 0.05) is 26.2 Å². The van der Waals surface area contributed by atoms with Crippen molar-refractivity contribution in [1.29, 1.82) is 0 Å². The van der Waals surface area contributed by atoms with E-state index in [-0.39, 0.29) is 39.0 Å². The van der Waals surface area contributed by atoms with Crippen molar-refractivity contribution < 1.29 is 69.8 Å². The van der Waals surface area contributed by atoms with Crippen LogP contribution in [0.1, 0.15) is 34.5 Å². The van der Waals surface area contributed by atoms with Crippen LogP contribution in [0.15, 0.2) is 24.3 Å². The molecule has 0 spiro atoms. The number of aliphatic hydroxyl groups is 8. The van der Waals surface area contributed by atoms with Crippen LogP contribution in [0.2, 0.25) is 0 Å². The summed E-state index contributed by atoms with van der Waals surface area (Å²) in [5.74, 6) is -6.02. The number of benzene rings is 1. The number of fused-ring (bicyclic) bond motifs is 1. The molecule has 6 atom stereocenters. The molecule has 4 rings (SSSR count). The van der Waals surface area contributed by atoms with E-state index in [1.54, 1.807) is 24.3 Å². The lowest BCUT2D eigenvalue weighted by Gasteiger charge is -2.36. The second-order valence-electron chi connectivity index (χ2n) is 11.5. The number of hydrogen-bond acceptors (Lipinski definition) is 14. The Morgan fingerprint density at radius 1 is 0.542 bits per heavy atom. The van der Waals surface area contributed by atoms with Gasteiger partial charge >= 0.3 is 0 Å². The van der Waals surface area contributed by atoms with Crippen LogP contribution in [0.5, 0.6) is 0 Å². The molecule has 0 saturated carbocycles. The van der Waals surface area contributed by atoms with Crippen LogP contribution >= 0.6 is 0 Å². The average Bonchev–Trinajstić information content (AvgIpc) is 3.11. The molecule has 0 aromatic heterocycles. The van der Waals surface area contributed by atoms with E-state index < -0.39 is 98.5 Å². The van der Waals surface area contributed by atoms with Gasteiger partial charge in [-0.1, -0.05) is 12.1 Å². The summed E-state index contributed by atoms with van der Waals surface area (Å²) in [6.45, 7) is -3.95. The maximum atomic E-state index is 13.2. The molecule has 0 fully saturated rings. The summed E-state index contributed by atoms with van der Waals surface area (Å²) >= 11 is 0. The molecule has 0 radical (unpaired) electrons. The molecule has 1 aromatic carbocycles. The highest BCUT2D eigenvalue weighted by Gasteiger charge is 2.39. The summed E-state index contributed by atoms with van der Waals surface area (Å²) in [5, 5.41) is 85.0. The van der Waals surface area contributed by atoms with E-state index in [4.69, 9.17) is 30.2 Å². The number of amides is 4. The first-order valence-corrected chi connectivity index (χ1v) is 15.3. The normalized spacial score (nSPS) is 20.1. The van der Waals surface area contributed by atoms with Crippen molar-refractivity contribution in [2.45, 2.75) is 49.5 Å². The minimum Gasteiger partial charge on any atom is -0.394 e. The lowest BCUT2D eigenvalue weighted by Crippen LogP contribution is -2.47. The number of carbonyl (C=O) groups excluding carboxylic acids is 4. The lowest BCUT2D eigenvalue weighted by atomic mass is 9.79. The van der Waals surface area contributed by atoms with Gasteiger partial charge in [0.05, 0.1) is 50.8 Å². The number of nitrogens with one attached hydrogen (secondary N) is 4. The monoisotopic (exact) mass is 684 g/mol. The Morgan fingerprint density at radius 3 is 1.04 bits per heavy atom. The molecule has 3 aliphatic rings. The molecule has 4 amide bonds. The van der Waals surface area contributed by atoms with E-state index in [1.165, 1.54) is 0 Å². The van der Waals surface area contributed by atoms with Gasteiger partial charge in [0.15, 0.2) is 0 Å².